The molecule has 4 heteroatoms. The molecule has 0 aliphatic carbocycles. The molecular weight excluding hydrogens is 361 g/mol. The van der Waals surface area contributed by atoms with Crippen molar-refractivity contribution in [2.75, 3.05) is 24.0 Å². The summed E-state index contributed by atoms with van der Waals surface area (Å²) in [5, 5.41) is 8.75. The standard InChI is InChI=1S/C25H22FN3/c1-28(2)23-14-13-21(25(26)17-23)18-27-29(22-10-4-3-5-11-22)24-15-12-19-8-6-7-9-20(19)16-24/h3-18H,1-2H3. The monoisotopic (exact) mass is 383 g/mol. The third-order valence-electron chi connectivity index (χ3n) is 4.79. The fraction of sp³-hybridized carbons (Fsp3) is 0.0800. The minimum atomic E-state index is -0.300. The molecule has 0 aliphatic rings. The Labute approximate surface area is 170 Å². The summed E-state index contributed by atoms with van der Waals surface area (Å²) >= 11 is 0. The summed E-state index contributed by atoms with van der Waals surface area (Å²) < 4.78 is 14.5. The van der Waals surface area contributed by atoms with Crippen LogP contribution in [0.2, 0.25) is 0 Å². The zero-order valence-electron chi connectivity index (χ0n) is 16.5. The fourth-order valence-electron chi connectivity index (χ4n) is 3.18. The van der Waals surface area contributed by atoms with Crippen LogP contribution < -0.4 is 9.91 Å². The molecule has 0 N–H and O–H groups in total. The van der Waals surface area contributed by atoms with Gasteiger partial charge in [-0.05, 0) is 53.2 Å². The van der Waals surface area contributed by atoms with Crippen LogP contribution >= 0.6 is 0 Å². The summed E-state index contributed by atoms with van der Waals surface area (Å²) in [6.45, 7) is 0. The Morgan fingerprint density at radius 1 is 0.690 bits per heavy atom. The molecule has 0 amide bonds. The molecule has 29 heavy (non-hydrogen) atoms. The molecule has 0 spiro atoms. The van der Waals surface area contributed by atoms with Crippen molar-refractivity contribution < 1.29 is 4.39 Å². The molecule has 0 saturated heterocycles. The molecule has 0 fully saturated rings. The summed E-state index contributed by atoms with van der Waals surface area (Å²) in [5.74, 6) is -0.300. The zero-order valence-corrected chi connectivity index (χ0v) is 16.5. The number of benzene rings is 4. The predicted molar refractivity (Wildman–Crippen MR) is 121 cm³/mol. The fourth-order valence-corrected chi connectivity index (χ4v) is 3.18. The number of para-hydroxylation sites is 1. The summed E-state index contributed by atoms with van der Waals surface area (Å²) in [6.07, 6.45) is 1.57. The van der Waals surface area contributed by atoms with Crippen LogP contribution in [0.3, 0.4) is 0 Å². The van der Waals surface area contributed by atoms with Gasteiger partial charge in [-0.1, -0.05) is 48.5 Å². The van der Waals surface area contributed by atoms with Gasteiger partial charge in [-0.2, -0.15) is 5.10 Å². The van der Waals surface area contributed by atoms with Gasteiger partial charge in [0.15, 0.2) is 0 Å². The van der Waals surface area contributed by atoms with Crippen molar-refractivity contribution in [1.29, 1.82) is 0 Å². The quantitative estimate of drug-likeness (QED) is 0.301. The number of anilines is 3. The third kappa shape index (κ3) is 4.11. The lowest BCUT2D eigenvalue weighted by atomic mass is 10.1. The number of fused-ring (bicyclic) bond motifs is 1. The van der Waals surface area contributed by atoms with Gasteiger partial charge in [-0.15, -0.1) is 0 Å². The highest BCUT2D eigenvalue weighted by Crippen LogP contribution is 2.29. The average molecular weight is 383 g/mol. The van der Waals surface area contributed by atoms with Crippen LogP contribution in [-0.2, 0) is 0 Å². The van der Waals surface area contributed by atoms with E-state index in [4.69, 9.17) is 0 Å². The van der Waals surface area contributed by atoms with E-state index in [1.807, 2.05) is 78.6 Å². The van der Waals surface area contributed by atoms with E-state index in [9.17, 15) is 4.39 Å². The van der Waals surface area contributed by atoms with Crippen LogP contribution in [0.25, 0.3) is 10.8 Å². The number of rotatable bonds is 5. The molecular formula is C25H22FN3. The number of hydrogen-bond donors (Lipinski definition) is 0. The van der Waals surface area contributed by atoms with Gasteiger partial charge >= 0.3 is 0 Å². The minimum Gasteiger partial charge on any atom is -0.378 e. The van der Waals surface area contributed by atoms with E-state index in [-0.39, 0.29) is 5.82 Å². The van der Waals surface area contributed by atoms with Gasteiger partial charge in [-0.3, -0.25) is 0 Å². The second-order valence-corrected chi connectivity index (χ2v) is 7.02. The Bertz CT molecular complexity index is 1150. The van der Waals surface area contributed by atoms with E-state index in [0.29, 0.717) is 5.56 Å². The Kier molecular flexibility index (Phi) is 5.25. The van der Waals surface area contributed by atoms with E-state index in [1.165, 1.54) is 11.5 Å². The van der Waals surface area contributed by atoms with Gasteiger partial charge in [0.2, 0.25) is 0 Å². The van der Waals surface area contributed by atoms with E-state index < -0.39 is 0 Å². The lowest BCUT2D eigenvalue weighted by Gasteiger charge is -2.20. The molecule has 0 atom stereocenters. The predicted octanol–water partition coefficient (Wildman–Crippen LogP) is 6.22. The summed E-state index contributed by atoms with van der Waals surface area (Å²) in [5.41, 5.74) is 3.08. The number of hydrazone groups is 1. The largest absolute Gasteiger partial charge is 0.378 e. The van der Waals surface area contributed by atoms with Crippen LogP contribution in [-0.4, -0.2) is 20.3 Å². The van der Waals surface area contributed by atoms with Crippen molar-refractivity contribution in [3.8, 4) is 0 Å². The molecule has 0 unspecified atom stereocenters. The van der Waals surface area contributed by atoms with Crippen molar-refractivity contribution in [3.63, 3.8) is 0 Å². The highest BCUT2D eigenvalue weighted by atomic mass is 19.1. The summed E-state index contributed by atoms with van der Waals surface area (Å²) in [7, 11) is 3.78. The summed E-state index contributed by atoms with van der Waals surface area (Å²) in [6, 6.07) is 29.4. The molecule has 0 radical (unpaired) electrons. The lowest BCUT2D eigenvalue weighted by molar-refractivity contribution is 0.625. The summed E-state index contributed by atoms with van der Waals surface area (Å²) in [4.78, 5) is 1.87. The Hall–Kier alpha value is -3.66. The average Bonchev–Trinajstić information content (AvgIpc) is 2.75. The van der Waals surface area contributed by atoms with E-state index >= 15 is 0 Å². The van der Waals surface area contributed by atoms with Gasteiger partial charge in [0.05, 0.1) is 17.6 Å². The smallest absolute Gasteiger partial charge is 0.134 e. The van der Waals surface area contributed by atoms with E-state index in [0.717, 1.165) is 22.4 Å². The van der Waals surface area contributed by atoms with Gasteiger partial charge in [0.25, 0.3) is 0 Å². The maximum absolute atomic E-state index is 14.5. The lowest BCUT2D eigenvalue weighted by Crippen LogP contribution is -2.11. The Morgan fingerprint density at radius 3 is 2.10 bits per heavy atom. The first-order valence-electron chi connectivity index (χ1n) is 9.47. The topological polar surface area (TPSA) is 18.8 Å². The number of nitrogens with zero attached hydrogens (tertiary/aromatic N) is 3. The molecule has 3 nitrogen and oxygen atoms in total. The maximum Gasteiger partial charge on any atom is 0.134 e. The first-order valence-corrected chi connectivity index (χ1v) is 9.47. The van der Waals surface area contributed by atoms with Crippen LogP contribution in [0.5, 0.6) is 0 Å². The van der Waals surface area contributed by atoms with Crippen molar-refractivity contribution in [2.45, 2.75) is 0 Å². The van der Waals surface area contributed by atoms with Gasteiger partial charge in [0.1, 0.15) is 5.82 Å². The van der Waals surface area contributed by atoms with E-state index in [2.05, 4.69) is 29.4 Å². The van der Waals surface area contributed by atoms with Crippen molar-refractivity contribution in [1.82, 2.24) is 0 Å². The van der Waals surface area contributed by atoms with Gasteiger partial charge < -0.3 is 4.90 Å². The molecule has 0 heterocycles. The van der Waals surface area contributed by atoms with Crippen LogP contribution in [0, 0.1) is 5.82 Å². The Balaban J connectivity index is 1.74. The normalized spacial score (nSPS) is 11.1. The van der Waals surface area contributed by atoms with E-state index in [1.54, 1.807) is 12.3 Å². The van der Waals surface area contributed by atoms with Crippen molar-refractivity contribution in [3.05, 3.63) is 102 Å². The van der Waals surface area contributed by atoms with Gasteiger partial charge in [0, 0.05) is 25.3 Å². The minimum absolute atomic E-state index is 0.300. The maximum atomic E-state index is 14.5. The molecule has 0 bridgehead atoms. The zero-order chi connectivity index (χ0) is 20.2. The molecule has 4 rings (SSSR count). The second-order valence-electron chi connectivity index (χ2n) is 7.02. The highest BCUT2D eigenvalue weighted by Gasteiger charge is 2.09. The van der Waals surface area contributed by atoms with Crippen LogP contribution in [0.4, 0.5) is 21.5 Å². The first kappa shape index (κ1) is 18.7. The molecule has 0 saturated carbocycles. The molecule has 4 aromatic rings. The second kappa shape index (κ2) is 8.15. The molecule has 144 valence electrons. The number of halogens is 1. The van der Waals surface area contributed by atoms with Gasteiger partial charge in [-0.25, -0.2) is 9.40 Å². The number of hydrogen-bond acceptors (Lipinski definition) is 3. The third-order valence-corrected chi connectivity index (χ3v) is 4.79. The SMILES string of the molecule is CN(C)c1ccc(C=NN(c2ccccc2)c2ccc3ccccc3c2)c(F)c1. The first-order chi connectivity index (χ1) is 14.1. The molecule has 0 aromatic heterocycles. The van der Waals surface area contributed by atoms with Crippen molar-refractivity contribution >= 4 is 34.0 Å². The van der Waals surface area contributed by atoms with Crippen LogP contribution in [0.1, 0.15) is 5.56 Å². The Morgan fingerprint density at radius 2 is 1.38 bits per heavy atom. The molecule has 0 aliphatic heterocycles. The van der Waals surface area contributed by atoms with Crippen molar-refractivity contribution in [2.24, 2.45) is 5.10 Å². The molecule has 4 aromatic carbocycles. The highest BCUT2D eigenvalue weighted by molar-refractivity contribution is 5.88. The van der Waals surface area contributed by atoms with Crippen LogP contribution in [0.15, 0.2) is 96.1 Å².